The van der Waals surface area contributed by atoms with Crippen LogP contribution in [0.5, 0.6) is 5.75 Å². The molecule has 4 rings (SSSR count). The molecule has 1 aromatic heterocycles. The number of hydrogen-bond donors (Lipinski definition) is 1. The van der Waals surface area contributed by atoms with Crippen molar-refractivity contribution in [1.29, 1.82) is 0 Å². The van der Waals surface area contributed by atoms with Crippen molar-refractivity contribution in [3.05, 3.63) is 69.7 Å². The van der Waals surface area contributed by atoms with E-state index in [9.17, 15) is 23.1 Å². The highest BCUT2D eigenvalue weighted by Crippen LogP contribution is 2.35. The number of nitrogens with zero attached hydrogens (tertiary/aromatic N) is 2. The van der Waals surface area contributed by atoms with Gasteiger partial charge in [0.1, 0.15) is 15.6 Å². The number of amides is 1. The average Bonchev–Trinajstić information content (AvgIpc) is 3.16. The molecule has 168 valence electrons. The minimum absolute atomic E-state index is 0.112. The normalized spacial score (nSPS) is 16.9. The van der Waals surface area contributed by atoms with Crippen LogP contribution in [-0.2, 0) is 6.18 Å². The van der Waals surface area contributed by atoms with Crippen molar-refractivity contribution in [2.24, 2.45) is 0 Å². The number of benzene rings is 2. The summed E-state index contributed by atoms with van der Waals surface area (Å²) in [6.45, 7) is 4.78. The number of aromatic nitrogens is 1. The van der Waals surface area contributed by atoms with Crippen LogP contribution in [0.3, 0.4) is 0 Å². The molecule has 8 heteroatoms. The minimum Gasteiger partial charge on any atom is -0.508 e. The average molecular weight is 461 g/mol. The summed E-state index contributed by atoms with van der Waals surface area (Å²) in [6.07, 6.45) is -2.60. The van der Waals surface area contributed by atoms with Crippen LogP contribution in [0.4, 0.5) is 13.2 Å². The maximum atomic E-state index is 13.2. The third-order valence-corrected chi connectivity index (χ3v) is 7.06. The molecule has 32 heavy (non-hydrogen) atoms. The van der Waals surface area contributed by atoms with Gasteiger partial charge >= 0.3 is 6.18 Å². The predicted octanol–water partition coefficient (Wildman–Crippen LogP) is 6.17. The first-order chi connectivity index (χ1) is 15.1. The number of thiazole rings is 1. The molecule has 2 heterocycles. The van der Waals surface area contributed by atoms with Crippen molar-refractivity contribution in [2.45, 2.75) is 38.8 Å². The molecule has 2 aromatic carbocycles. The topological polar surface area (TPSA) is 53.4 Å². The molecular weight excluding hydrogens is 437 g/mol. The molecule has 0 unspecified atom stereocenters. The fourth-order valence-corrected chi connectivity index (χ4v) is 5.02. The van der Waals surface area contributed by atoms with E-state index < -0.39 is 11.7 Å². The van der Waals surface area contributed by atoms with Gasteiger partial charge in [-0.3, -0.25) is 4.79 Å². The largest absolute Gasteiger partial charge is 0.508 e. The van der Waals surface area contributed by atoms with Gasteiger partial charge < -0.3 is 10.0 Å². The second kappa shape index (κ2) is 8.58. The minimum atomic E-state index is -4.39. The summed E-state index contributed by atoms with van der Waals surface area (Å²) >= 11 is 1.21. The Morgan fingerprint density at radius 1 is 1.16 bits per heavy atom. The van der Waals surface area contributed by atoms with Gasteiger partial charge in [-0.1, -0.05) is 24.3 Å². The maximum Gasteiger partial charge on any atom is 0.416 e. The van der Waals surface area contributed by atoms with E-state index in [2.05, 4.69) is 4.98 Å². The molecule has 0 aliphatic carbocycles. The smallest absolute Gasteiger partial charge is 0.416 e. The Labute approximate surface area is 188 Å². The van der Waals surface area contributed by atoms with Crippen molar-refractivity contribution in [1.82, 2.24) is 9.88 Å². The number of piperidine rings is 1. The molecule has 1 aliphatic heterocycles. The lowest BCUT2D eigenvalue weighted by Crippen LogP contribution is -2.39. The summed E-state index contributed by atoms with van der Waals surface area (Å²) in [5.41, 5.74) is 2.24. The Hall–Kier alpha value is -2.87. The van der Waals surface area contributed by atoms with Gasteiger partial charge in [-0.25, -0.2) is 4.98 Å². The van der Waals surface area contributed by atoms with Crippen molar-refractivity contribution in [3.8, 4) is 16.3 Å². The first-order valence-electron chi connectivity index (χ1n) is 10.4. The van der Waals surface area contributed by atoms with Crippen LogP contribution in [0.2, 0.25) is 0 Å². The number of alkyl halides is 3. The molecule has 0 radical (unpaired) electrons. The van der Waals surface area contributed by atoms with Gasteiger partial charge in [-0.05, 0) is 56.0 Å². The molecule has 0 bridgehead atoms. The predicted molar refractivity (Wildman–Crippen MR) is 118 cm³/mol. The van der Waals surface area contributed by atoms with Crippen LogP contribution in [0.15, 0.2) is 42.5 Å². The molecule has 1 aliphatic rings. The van der Waals surface area contributed by atoms with Crippen LogP contribution in [0.25, 0.3) is 10.6 Å². The SMILES string of the molecule is Cc1ccc([C@@H]2CCCN(C(=O)c3sc(-c4ccc(C(F)(F)F)cc4)nc3C)C2)cc1O. The van der Waals surface area contributed by atoms with E-state index in [-0.39, 0.29) is 17.6 Å². The molecule has 1 amide bonds. The molecule has 1 atom stereocenters. The summed E-state index contributed by atoms with van der Waals surface area (Å²) in [6, 6.07) is 10.5. The first-order valence-corrected chi connectivity index (χ1v) is 11.2. The van der Waals surface area contributed by atoms with E-state index in [1.807, 2.05) is 24.0 Å². The number of hydrogen-bond acceptors (Lipinski definition) is 4. The van der Waals surface area contributed by atoms with E-state index in [1.54, 1.807) is 13.0 Å². The van der Waals surface area contributed by atoms with Gasteiger partial charge in [0.05, 0.1) is 11.3 Å². The lowest BCUT2D eigenvalue weighted by molar-refractivity contribution is -0.137. The monoisotopic (exact) mass is 460 g/mol. The van der Waals surface area contributed by atoms with Gasteiger partial charge in [0.15, 0.2) is 0 Å². The zero-order valence-electron chi connectivity index (χ0n) is 17.7. The zero-order chi connectivity index (χ0) is 23.0. The molecule has 3 aromatic rings. The molecular formula is C24H23F3N2O2S. The summed E-state index contributed by atoms with van der Waals surface area (Å²) in [5.74, 6) is 0.284. The van der Waals surface area contributed by atoms with Crippen molar-refractivity contribution in [2.75, 3.05) is 13.1 Å². The quantitative estimate of drug-likeness (QED) is 0.509. The van der Waals surface area contributed by atoms with Gasteiger partial charge in [0.25, 0.3) is 5.91 Å². The van der Waals surface area contributed by atoms with Gasteiger partial charge in [-0.2, -0.15) is 13.2 Å². The lowest BCUT2D eigenvalue weighted by atomic mass is 9.90. The maximum absolute atomic E-state index is 13.2. The fourth-order valence-electron chi connectivity index (χ4n) is 3.98. The number of likely N-dealkylation sites (tertiary alicyclic amines) is 1. The molecule has 4 nitrogen and oxygen atoms in total. The van der Waals surface area contributed by atoms with Crippen LogP contribution >= 0.6 is 11.3 Å². The van der Waals surface area contributed by atoms with Gasteiger partial charge in [0.2, 0.25) is 0 Å². The summed E-state index contributed by atoms with van der Waals surface area (Å²) in [7, 11) is 0. The Morgan fingerprint density at radius 3 is 2.53 bits per heavy atom. The Bertz CT molecular complexity index is 1140. The van der Waals surface area contributed by atoms with Crippen LogP contribution in [0, 0.1) is 13.8 Å². The highest BCUT2D eigenvalue weighted by atomic mass is 32.1. The molecule has 1 saturated heterocycles. The number of phenolic OH excluding ortho intramolecular Hbond substituents is 1. The van der Waals surface area contributed by atoms with E-state index in [0.29, 0.717) is 34.2 Å². The number of halogens is 3. The second-order valence-corrected chi connectivity index (χ2v) is 9.14. The third kappa shape index (κ3) is 4.50. The van der Waals surface area contributed by atoms with E-state index in [1.165, 1.54) is 23.5 Å². The Morgan fingerprint density at radius 2 is 1.88 bits per heavy atom. The first kappa shape index (κ1) is 22.3. The van der Waals surface area contributed by atoms with Crippen molar-refractivity contribution in [3.63, 3.8) is 0 Å². The number of carbonyl (C=O) groups is 1. The lowest BCUT2D eigenvalue weighted by Gasteiger charge is -2.33. The van der Waals surface area contributed by atoms with Gasteiger partial charge in [-0.15, -0.1) is 11.3 Å². The highest BCUT2D eigenvalue weighted by molar-refractivity contribution is 7.17. The van der Waals surface area contributed by atoms with Crippen molar-refractivity contribution < 1.29 is 23.1 Å². The number of carbonyl (C=O) groups excluding carboxylic acids is 1. The van der Waals surface area contributed by atoms with Crippen LogP contribution in [0.1, 0.15) is 50.8 Å². The fraction of sp³-hybridized carbons (Fsp3) is 0.333. The number of rotatable bonds is 3. The Balaban J connectivity index is 1.53. The van der Waals surface area contributed by atoms with Crippen LogP contribution < -0.4 is 0 Å². The summed E-state index contributed by atoms with van der Waals surface area (Å²) in [4.78, 5) is 20.0. The summed E-state index contributed by atoms with van der Waals surface area (Å²) < 4.78 is 38.5. The standard InChI is InChI=1S/C24H23F3N2O2S/c1-14-5-6-17(12-20(14)30)18-4-3-11-29(13-18)23(31)21-15(2)28-22(32-21)16-7-9-19(10-8-16)24(25,26)27/h5-10,12,18,30H,3-4,11,13H2,1-2H3/t18-/m1/s1. The second-order valence-electron chi connectivity index (χ2n) is 8.14. The number of aromatic hydroxyl groups is 1. The van der Waals surface area contributed by atoms with E-state index in [0.717, 1.165) is 36.1 Å². The van der Waals surface area contributed by atoms with Gasteiger partial charge in [0, 0.05) is 24.6 Å². The summed E-state index contributed by atoms with van der Waals surface area (Å²) in [5, 5.41) is 10.6. The molecule has 1 N–H and O–H groups in total. The highest BCUT2D eigenvalue weighted by Gasteiger charge is 2.31. The zero-order valence-corrected chi connectivity index (χ0v) is 18.6. The molecule has 0 saturated carbocycles. The molecule has 1 fully saturated rings. The van der Waals surface area contributed by atoms with E-state index >= 15 is 0 Å². The molecule has 0 spiro atoms. The Kier molecular flexibility index (Phi) is 5.99. The van der Waals surface area contributed by atoms with E-state index in [4.69, 9.17) is 0 Å². The van der Waals surface area contributed by atoms with Crippen LogP contribution in [-0.4, -0.2) is 34.0 Å². The van der Waals surface area contributed by atoms with Crippen molar-refractivity contribution >= 4 is 17.2 Å². The number of phenols is 1. The number of aryl methyl sites for hydroxylation is 2. The third-order valence-electron chi connectivity index (χ3n) is 5.86.